The van der Waals surface area contributed by atoms with Crippen molar-refractivity contribution >= 4 is 28.8 Å². The molecule has 1 heterocycles. The molecule has 160 valence electrons. The van der Waals surface area contributed by atoms with Crippen molar-refractivity contribution in [1.82, 2.24) is 0 Å². The maximum absolute atomic E-state index is 13.3. The van der Waals surface area contributed by atoms with Gasteiger partial charge in [0.25, 0.3) is 0 Å². The third kappa shape index (κ3) is 4.93. The molecule has 0 spiro atoms. The minimum absolute atomic E-state index is 0.160. The Bertz CT molecular complexity index is 836. The molecule has 2 aliphatic rings. The summed E-state index contributed by atoms with van der Waals surface area (Å²) in [6.07, 6.45) is 6.50. The van der Waals surface area contributed by atoms with Crippen molar-refractivity contribution in [3.05, 3.63) is 26.5 Å². The summed E-state index contributed by atoms with van der Waals surface area (Å²) in [5.74, 6) is -0.493. The van der Waals surface area contributed by atoms with Gasteiger partial charge in [-0.2, -0.15) is 0 Å². The van der Waals surface area contributed by atoms with E-state index < -0.39 is 5.60 Å². The smallest absolute Gasteiger partial charge is 0.340 e. The Morgan fingerprint density at radius 3 is 2.41 bits per heavy atom. The third-order valence-corrected chi connectivity index (χ3v) is 6.99. The first kappa shape index (κ1) is 22.1. The molecule has 0 aromatic carbocycles. The molecule has 5 heteroatoms. The van der Waals surface area contributed by atoms with Crippen LogP contribution in [0.4, 0.5) is 0 Å². The van der Waals surface area contributed by atoms with Crippen LogP contribution < -0.4 is 0 Å². The molecule has 0 radical (unpaired) electrons. The zero-order valence-corrected chi connectivity index (χ0v) is 19.5. The third-order valence-electron chi connectivity index (χ3n) is 5.64. The highest BCUT2D eigenvalue weighted by atomic mass is 32.1. The number of ether oxygens (including phenoxy) is 2. The van der Waals surface area contributed by atoms with Gasteiger partial charge in [-0.25, -0.2) is 9.59 Å². The van der Waals surface area contributed by atoms with Crippen LogP contribution >= 0.6 is 11.3 Å². The van der Waals surface area contributed by atoms with Crippen LogP contribution in [0.2, 0.25) is 0 Å². The fraction of sp³-hybridized carbons (Fsp3) is 0.667. The summed E-state index contributed by atoms with van der Waals surface area (Å²) in [6.45, 7) is 12.4. The van der Waals surface area contributed by atoms with E-state index in [2.05, 4.69) is 13.8 Å². The molecule has 0 atom stereocenters. The summed E-state index contributed by atoms with van der Waals surface area (Å²) in [5.41, 5.74) is 3.20. The highest BCUT2D eigenvalue weighted by molar-refractivity contribution is 7.13. The van der Waals surface area contributed by atoms with Gasteiger partial charge in [0, 0.05) is 15.3 Å². The van der Waals surface area contributed by atoms with Crippen molar-refractivity contribution in [2.45, 2.75) is 92.1 Å². The predicted octanol–water partition coefficient (Wildman–Crippen LogP) is 6.11. The lowest BCUT2D eigenvalue weighted by Gasteiger charge is -2.30. The van der Waals surface area contributed by atoms with Crippen LogP contribution in [-0.4, -0.2) is 24.1 Å². The molecule has 0 fully saturated rings. The van der Waals surface area contributed by atoms with Gasteiger partial charge in [-0.3, -0.25) is 0 Å². The van der Waals surface area contributed by atoms with E-state index in [1.54, 1.807) is 11.3 Å². The zero-order chi connectivity index (χ0) is 21.4. The summed E-state index contributed by atoms with van der Waals surface area (Å²) in [6, 6.07) is 0. The number of allylic oxidation sites excluding steroid dienone is 1. The minimum Gasteiger partial charge on any atom is -0.463 e. The van der Waals surface area contributed by atoms with E-state index in [0.717, 1.165) is 66.5 Å². The lowest BCUT2D eigenvalue weighted by molar-refractivity contribution is -0.138. The average molecular weight is 419 g/mol. The Morgan fingerprint density at radius 1 is 1.07 bits per heavy atom. The Kier molecular flexibility index (Phi) is 6.28. The van der Waals surface area contributed by atoms with E-state index in [4.69, 9.17) is 9.47 Å². The molecule has 4 nitrogen and oxygen atoms in total. The number of carbonyl (C=O) groups excluding carboxylic acids is 2. The van der Waals surface area contributed by atoms with Crippen molar-refractivity contribution in [2.75, 3.05) is 6.61 Å². The molecule has 0 N–H and O–H groups in total. The molecule has 3 rings (SSSR count). The summed E-state index contributed by atoms with van der Waals surface area (Å²) in [4.78, 5) is 28.2. The molecule has 0 unspecified atom stereocenters. The topological polar surface area (TPSA) is 52.6 Å². The molecule has 1 aromatic rings. The Labute approximate surface area is 178 Å². The molecule has 0 bridgehead atoms. The second kappa shape index (κ2) is 8.25. The van der Waals surface area contributed by atoms with Crippen molar-refractivity contribution in [3.8, 4) is 0 Å². The summed E-state index contributed by atoms with van der Waals surface area (Å²) in [5, 5.41) is 0. The summed E-state index contributed by atoms with van der Waals surface area (Å²) >= 11 is 1.70. The van der Waals surface area contributed by atoms with Gasteiger partial charge in [0.1, 0.15) is 5.60 Å². The number of carbonyl (C=O) groups is 2. The number of rotatable bonds is 4. The van der Waals surface area contributed by atoms with Gasteiger partial charge in [-0.1, -0.05) is 13.8 Å². The first-order valence-electron chi connectivity index (χ1n) is 10.8. The van der Waals surface area contributed by atoms with Crippen LogP contribution in [0.15, 0.2) is 5.57 Å². The van der Waals surface area contributed by atoms with E-state index >= 15 is 0 Å². The lowest BCUT2D eigenvalue weighted by atomic mass is 9.75. The normalized spacial score (nSPS) is 19.0. The van der Waals surface area contributed by atoms with Gasteiger partial charge in [0.2, 0.25) is 0 Å². The second-order valence-electron chi connectivity index (χ2n) is 9.94. The molecule has 0 aliphatic heterocycles. The molecule has 29 heavy (non-hydrogen) atoms. The highest BCUT2D eigenvalue weighted by Gasteiger charge is 2.36. The van der Waals surface area contributed by atoms with Gasteiger partial charge in [-0.15, -0.1) is 11.3 Å². The number of aryl methyl sites for hydroxylation is 1. The fourth-order valence-corrected chi connectivity index (χ4v) is 5.68. The van der Waals surface area contributed by atoms with E-state index in [9.17, 15) is 9.59 Å². The van der Waals surface area contributed by atoms with Crippen molar-refractivity contribution in [2.24, 2.45) is 5.41 Å². The average Bonchev–Trinajstić information content (AvgIpc) is 2.97. The number of hydrogen-bond acceptors (Lipinski definition) is 5. The van der Waals surface area contributed by atoms with E-state index in [1.165, 1.54) is 4.88 Å². The first-order valence-corrected chi connectivity index (χ1v) is 11.6. The van der Waals surface area contributed by atoms with Crippen LogP contribution in [0, 0.1) is 5.41 Å². The summed E-state index contributed by atoms with van der Waals surface area (Å²) in [7, 11) is 0. The maximum Gasteiger partial charge on any atom is 0.340 e. The van der Waals surface area contributed by atoms with E-state index in [0.29, 0.717) is 12.2 Å². The largest absolute Gasteiger partial charge is 0.463 e. The van der Waals surface area contributed by atoms with E-state index in [-0.39, 0.29) is 17.4 Å². The van der Waals surface area contributed by atoms with Gasteiger partial charge in [0.15, 0.2) is 0 Å². The minimum atomic E-state index is -0.557. The van der Waals surface area contributed by atoms with Crippen LogP contribution in [0.5, 0.6) is 0 Å². The first-order chi connectivity index (χ1) is 13.5. The maximum atomic E-state index is 13.3. The van der Waals surface area contributed by atoms with Crippen LogP contribution in [0.3, 0.4) is 0 Å². The number of esters is 2. The molecule has 0 saturated heterocycles. The van der Waals surface area contributed by atoms with Gasteiger partial charge in [0.05, 0.1) is 12.2 Å². The van der Waals surface area contributed by atoms with Crippen molar-refractivity contribution in [3.63, 3.8) is 0 Å². The monoisotopic (exact) mass is 418 g/mol. The highest BCUT2D eigenvalue weighted by Crippen LogP contribution is 2.46. The Morgan fingerprint density at radius 2 is 1.76 bits per heavy atom. The predicted molar refractivity (Wildman–Crippen MR) is 117 cm³/mol. The van der Waals surface area contributed by atoms with Crippen LogP contribution in [0.1, 0.15) is 99.3 Å². The van der Waals surface area contributed by atoms with E-state index in [1.807, 2.05) is 27.7 Å². The second-order valence-corrected chi connectivity index (χ2v) is 11.0. The molecule has 0 amide bonds. The van der Waals surface area contributed by atoms with Gasteiger partial charge >= 0.3 is 11.9 Å². The quantitative estimate of drug-likeness (QED) is 0.554. The van der Waals surface area contributed by atoms with Crippen LogP contribution in [0.25, 0.3) is 5.57 Å². The molecule has 2 aliphatic carbocycles. The molecule has 0 saturated carbocycles. The SMILES string of the molecule is CCOC(=O)C1=C(c2sc3c(c2C(=O)OC(C)(C)C)CC(C)(C)CC3)CCCC1. The molecular formula is C24H34O4S. The van der Waals surface area contributed by atoms with Gasteiger partial charge < -0.3 is 9.47 Å². The summed E-state index contributed by atoms with van der Waals surface area (Å²) < 4.78 is 11.2. The molecular weight excluding hydrogens is 384 g/mol. The Hall–Kier alpha value is -1.62. The Balaban J connectivity index is 2.16. The van der Waals surface area contributed by atoms with Crippen molar-refractivity contribution in [1.29, 1.82) is 0 Å². The fourth-order valence-electron chi connectivity index (χ4n) is 4.28. The zero-order valence-electron chi connectivity index (χ0n) is 18.7. The lowest BCUT2D eigenvalue weighted by Crippen LogP contribution is -2.27. The number of thiophene rings is 1. The van der Waals surface area contributed by atoms with Crippen molar-refractivity contribution < 1.29 is 19.1 Å². The van der Waals surface area contributed by atoms with Gasteiger partial charge in [-0.05, 0) is 89.2 Å². The van der Waals surface area contributed by atoms with Crippen LogP contribution in [-0.2, 0) is 27.1 Å². The standard InChI is InChI=1S/C24H34O4S/c1-7-27-21(25)16-11-9-8-10-15(16)20-19(22(26)28-23(2,3)4)17-14-24(5,6)13-12-18(17)29-20/h7-14H2,1-6H3. The number of hydrogen-bond donors (Lipinski definition) is 0. The molecule has 1 aromatic heterocycles. The number of fused-ring (bicyclic) bond motifs is 1.